The molecular weight excluding hydrogens is 388 g/mol. The molecule has 2 aromatic rings. The molecule has 0 spiro atoms. The Labute approximate surface area is 175 Å². The van der Waals surface area contributed by atoms with E-state index in [2.05, 4.69) is 10.2 Å². The molecule has 0 unspecified atom stereocenters. The molecule has 4 rings (SSSR count). The lowest BCUT2D eigenvalue weighted by molar-refractivity contribution is -0.0201. The summed E-state index contributed by atoms with van der Waals surface area (Å²) < 4.78 is 5.39. The number of aromatic nitrogens is 1. The zero-order chi connectivity index (χ0) is 20.1. The maximum Gasteiger partial charge on any atom is 0.317 e. The lowest BCUT2D eigenvalue weighted by Gasteiger charge is -2.37. The van der Waals surface area contributed by atoms with Gasteiger partial charge in [-0.1, -0.05) is 30.3 Å². The van der Waals surface area contributed by atoms with E-state index in [9.17, 15) is 9.90 Å². The third-order valence-electron chi connectivity index (χ3n) is 5.66. The molecule has 8 heteroatoms. The molecule has 0 atom stereocenters. The summed E-state index contributed by atoms with van der Waals surface area (Å²) in [6.07, 6.45) is 1.01. The zero-order valence-corrected chi connectivity index (χ0v) is 17.4. The van der Waals surface area contributed by atoms with E-state index in [0.29, 0.717) is 32.5 Å². The topological polar surface area (TPSA) is 77.9 Å². The predicted octanol–water partition coefficient (Wildman–Crippen LogP) is 2.17. The monoisotopic (exact) mass is 416 g/mol. The minimum absolute atomic E-state index is 0.0813. The van der Waals surface area contributed by atoms with Gasteiger partial charge in [0, 0.05) is 38.1 Å². The average molecular weight is 417 g/mol. The first-order valence-electron chi connectivity index (χ1n) is 10.2. The Morgan fingerprint density at radius 1 is 1.17 bits per heavy atom. The summed E-state index contributed by atoms with van der Waals surface area (Å²) in [7, 11) is 0. The summed E-state index contributed by atoms with van der Waals surface area (Å²) in [5.41, 5.74) is 0.871. The summed E-state index contributed by atoms with van der Waals surface area (Å²) >= 11 is 1.60. The number of amides is 2. The highest BCUT2D eigenvalue weighted by atomic mass is 32.1. The van der Waals surface area contributed by atoms with Crippen LogP contribution in [-0.4, -0.2) is 65.3 Å². The Balaban J connectivity index is 1.28. The maximum atomic E-state index is 12.4. The molecule has 1 aromatic heterocycles. The first kappa shape index (κ1) is 20.3. The molecule has 29 heavy (non-hydrogen) atoms. The molecule has 2 amide bonds. The fourth-order valence-electron chi connectivity index (χ4n) is 3.77. The molecule has 0 bridgehead atoms. The van der Waals surface area contributed by atoms with Gasteiger partial charge >= 0.3 is 6.03 Å². The van der Waals surface area contributed by atoms with Crippen molar-refractivity contribution in [1.29, 1.82) is 0 Å². The van der Waals surface area contributed by atoms with Gasteiger partial charge < -0.3 is 20.1 Å². The molecule has 2 aliphatic heterocycles. The summed E-state index contributed by atoms with van der Waals surface area (Å²) in [6, 6.07) is 9.79. The number of ether oxygens (including phenoxy) is 1. The van der Waals surface area contributed by atoms with Gasteiger partial charge in [0.05, 0.1) is 25.5 Å². The van der Waals surface area contributed by atoms with E-state index in [-0.39, 0.29) is 6.03 Å². The van der Waals surface area contributed by atoms with E-state index < -0.39 is 5.60 Å². The van der Waals surface area contributed by atoms with Gasteiger partial charge in [-0.3, -0.25) is 4.90 Å². The van der Waals surface area contributed by atoms with Crippen LogP contribution in [0.15, 0.2) is 35.7 Å². The number of aliphatic hydroxyl groups is 1. The summed E-state index contributed by atoms with van der Waals surface area (Å²) in [5.74, 6) is 0. The number of carbonyl (C=O) groups is 1. The number of piperidine rings is 1. The number of carbonyl (C=O) groups excluding carboxylic acids is 1. The standard InChI is InChI=1S/C21H28N4O3S/c26-20(22-14-17-4-2-1-3-5-17)25-8-6-21(27,7-9-25)18-16-29-19(23-18)15-24-10-12-28-13-11-24/h1-5,16,27H,6-15H2,(H,22,26). The molecule has 2 saturated heterocycles. The van der Waals surface area contributed by atoms with Gasteiger partial charge in [-0.2, -0.15) is 0 Å². The van der Waals surface area contributed by atoms with Crippen LogP contribution in [-0.2, 0) is 23.4 Å². The summed E-state index contributed by atoms with van der Waals surface area (Å²) in [4.78, 5) is 21.3. The molecular formula is C21H28N4O3S. The van der Waals surface area contributed by atoms with Crippen molar-refractivity contribution >= 4 is 17.4 Å². The highest BCUT2D eigenvalue weighted by molar-refractivity contribution is 7.09. The lowest BCUT2D eigenvalue weighted by atomic mass is 9.89. The molecule has 7 nitrogen and oxygen atoms in total. The van der Waals surface area contributed by atoms with Crippen LogP contribution in [0.2, 0.25) is 0 Å². The third-order valence-corrected chi connectivity index (χ3v) is 6.49. The van der Waals surface area contributed by atoms with Crippen molar-refractivity contribution < 1.29 is 14.6 Å². The predicted molar refractivity (Wildman–Crippen MR) is 112 cm³/mol. The van der Waals surface area contributed by atoms with E-state index >= 15 is 0 Å². The fourth-order valence-corrected chi connectivity index (χ4v) is 4.70. The highest BCUT2D eigenvalue weighted by Crippen LogP contribution is 2.33. The molecule has 1 aromatic carbocycles. The zero-order valence-electron chi connectivity index (χ0n) is 16.5. The Kier molecular flexibility index (Phi) is 6.44. The van der Waals surface area contributed by atoms with Crippen LogP contribution >= 0.6 is 11.3 Å². The van der Waals surface area contributed by atoms with Gasteiger partial charge in [0.25, 0.3) is 0 Å². The average Bonchev–Trinajstić information content (AvgIpc) is 3.23. The van der Waals surface area contributed by atoms with Gasteiger partial charge in [0.2, 0.25) is 0 Å². The second kappa shape index (κ2) is 9.21. The number of benzene rings is 1. The second-order valence-corrected chi connectivity index (χ2v) is 8.62. The van der Waals surface area contributed by atoms with E-state index in [1.165, 1.54) is 0 Å². The Morgan fingerprint density at radius 2 is 1.90 bits per heavy atom. The molecule has 2 fully saturated rings. The van der Waals surface area contributed by atoms with E-state index in [1.54, 1.807) is 16.2 Å². The number of likely N-dealkylation sites (tertiary alicyclic amines) is 1. The van der Waals surface area contributed by atoms with Crippen LogP contribution < -0.4 is 5.32 Å². The van der Waals surface area contributed by atoms with Crippen molar-refractivity contribution in [2.45, 2.75) is 31.5 Å². The smallest absolute Gasteiger partial charge is 0.317 e. The van der Waals surface area contributed by atoms with Crippen molar-refractivity contribution in [3.63, 3.8) is 0 Å². The van der Waals surface area contributed by atoms with Crippen LogP contribution in [0.25, 0.3) is 0 Å². The van der Waals surface area contributed by atoms with Crippen LogP contribution in [0.4, 0.5) is 4.79 Å². The van der Waals surface area contributed by atoms with Gasteiger partial charge in [0.1, 0.15) is 10.6 Å². The first-order chi connectivity index (χ1) is 14.1. The van der Waals surface area contributed by atoms with E-state index in [1.807, 2.05) is 35.7 Å². The van der Waals surface area contributed by atoms with Crippen LogP contribution in [0.5, 0.6) is 0 Å². The number of urea groups is 1. The van der Waals surface area contributed by atoms with Crippen molar-refractivity contribution in [2.24, 2.45) is 0 Å². The second-order valence-electron chi connectivity index (χ2n) is 7.68. The molecule has 2 N–H and O–H groups in total. The van der Waals surface area contributed by atoms with Crippen molar-refractivity contribution in [1.82, 2.24) is 20.1 Å². The molecule has 2 aliphatic rings. The Morgan fingerprint density at radius 3 is 2.62 bits per heavy atom. The van der Waals surface area contributed by atoms with Crippen molar-refractivity contribution in [2.75, 3.05) is 39.4 Å². The SMILES string of the molecule is O=C(NCc1ccccc1)N1CCC(O)(c2csc(CN3CCOCC3)n2)CC1. The molecule has 0 aliphatic carbocycles. The summed E-state index contributed by atoms with van der Waals surface area (Å²) in [5, 5.41) is 17.1. The number of morpholine rings is 1. The van der Waals surface area contributed by atoms with Gasteiger partial charge in [-0.05, 0) is 18.4 Å². The largest absolute Gasteiger partial charge is 0.383 e. The van der Waals surface area contributed by atoms with Crippen LogP contribution in [0, 0.1) is 0 Å². The molecule has 0 radical (unpaired) electrons. The minimum Gasteiger partial charge on any atom is -0.383 e. The minimum atomic E-state index is -0.948. The maximum absolute atomic E-state index is 12.4. The number of thiazole rings is 1. The third kappa shape index (κ3) is 5.14. The lowest BCUT2D eigenvalue weighted by Crippen LogP contribution is -2.48. The van der Waals surface area contributed by atoms with E-state index in [4.69, 9.17) is 9.72 Å². The first-order valence-corrected chi connectivity index (χ1v) is 11.0. The Hall–Kier alpha value is -2.00. The number of nitrogens with one attached hydrogen (secondary N) is 1. The number of rotatable bonds is 5. The van der Waals surface area contributed by atoms with Crippen molar-refractivity contribution in [3.05, 3.63) is 52.0 Å². The highest BCUT2D eigenvalue weighted by Gasteiger charge is 2.37. The number of hydrogen-bond donors (Lipinski definition) is 2. The van der Waals surface area contributed by atoms with Crippen LogP contribution in [0.3, 0.4) is 0 Å². The van der Waals surface area contributed by atoms with Gasteiger partial charge in [0.15, 0.2) is 0 Å². The van der Waals surface area contributed by atoms with Gasteiger partial charge in [-0.25, -0.2) is 9.78 Å². The van der Waals surface area contributed by atoms with Crippen LogP contribution in [0.1, 0.15) is 29.1 Å². The normalized spacial score (nSPS) is 19.8. The quantitative estimate of drug-likeness (QED) is 0.781. The van der Waals surface area contributed by atoms with Crippen molar-refractivity contribution in [3.8, 4) is 0 Å². The van der Waals surface area contributed by atoms with Gasteiger partial charge in [-0.15, -0.1) is 11.3 Å². The number of hydrogen-bond acceptors (Lipinski definition) is 6. The molecule has 156 valence electrons. The number of nitrogens with zero attached hydrogens (tertiary/aromatic N) is 3. The molecule has 0 saturated carbocycles. The molecule has 3 heterocycles. The Bertz CT molecular complexity index is 799. The fraction of sp³-hybridized carbons (Fsp3) is 0.524. The van der Waals surface area contributed by atoms with E-state index in [0.717, 1.165) is 49.1 Å². The summed E-state index contributed by atoms with van der Waals surface area (Å²) in [6.45, 7) is 5.74.